The molecular weight excluding hydrogens is 252 g/mol. The Kier molecular flexibility index (Phi) is 2.46. The van der Waals surface area contributed by atoms with Crippen LogP contribution in [-0.4, -0.2) is 38.8 Å². The van der Waals surface area contributed by atoms with Crippen LogP contribution >= 0.6 is 0 Å². The molecule has 1 aromatic carbocycles. The van der Waals surface area contributed by atoms with Gasteiger partial charge in [0.2, 0.25) is 10.0 Å². The lowest BCUT2D eigenvalue weighted by Gasteiger charge is -2.35. The van der Waals surface area contributed by atoms with Gasteiger partial charge in [-0.3, -0.25) is 4.79 Å². The third kappa shape index (κ3) is 1.64. The summed E-state index contributed by atoms with van der Waals surface area (Å²) in [5, 5.41) is 0. The number of hydrogen-bond acceptors (Lipinski definition) is 4. The molecule has 1 aromatic rings. The summed E-state index contributed by atoms with van der Waals surface area (Å²) in [7, 11) is -1.56. The molecule has 1 aliphatic carbocycles. The highest BCUT2D eigenvalue weighted by Crippen LogP contribution is 2.39. The molecule has 0 saturated heterocycles. The molecule has 0 spiro atoms. The predicted octanol–water partition coefficient (Wildman–Crippen LogP) is 1.06. The summed E-state index contributed by atoms with van der Waals surface area (Å²) in [6.07, 6.45) is 2.61. The third-order valence-corrected chi connectivity index (χ3v) is 5.35. The molecule has 0 N–H and O–H groups in total. The Morgan fingerprint density at radius 2 is 2.06 bits per heavy atom. The van der Waals surface area contributed by atoms with Gasteiger partial charge in [0.15, 0.2) is 0 Å². The normalized spacial score (nSPS) is 22.6. The first-order chi connectivity index (χ1) is 8.54. The van der Waals surface area contributed by atoms with Crippen molar-refractivity contribution in [2.24, 2.45) is 0 Å². The molecule has 5 nitrogen and oxygen atoms in total. The van der Waals surface area contributed by atoms with E-state index in [4.69, 9.17) is 0 Å². The Labute approximate surface area is 106 Å². The topological polar surface area (TPSA) is 57.7 Å². The van der Waals surface area contributed by atoms with Gasteiger partial charge in [0.05, 0.1) is 12.4 Å². The number of hydrogen-bond donors (Lipinski definition) is 0. The van der Waals surface area contributed by atoms with Crippen LogP contribution in [0.25, 0.3) is 0 Å². The minimum atomic E-state index is -3.40. The van der Waals surface area contributed by atoms with Crippen LogP contribution in [-0.2, 0) is 10.0 Å². The van der Waals surface area contributed by atoms with Crippen LogP contribution in [0.1, 0.15) is 23.2 Å². The zero-order valence-corrected chi connectivity index (χ0v) is 10.9. The number of nitrogens with zero attached hydrogens (tertiary/aromatic N) is 2. The number of carbonyl (C=O) groups is 1. The van der Waals surface area contributed by atoms with Crippen LogP contribution in [0.3, 0.4) is 0 Å². The highest BCUT2D eigenvalue weighted by Gasteiger charge is 2.42. The largest absolute Gasteiger partial charge is 0.359 e. The minimum Gasteiger partial charge on any atom is -0.359 e. The number of benzene rings is 1. The van der Waals surface area contributed by atoms with E-state index < -0.39 is 10.0 Å². The maximum atomic E-state index is 12.4. The molecule has 0 amide bonds. The standard InChI is InChI=1S/C12H14N2O3S/c1-13-8-14(10-3-4-10)18(16,17)12-5-2-9(7-15)6-11(12)13/h2,5-7,10H,3-4,8H2,1H3. The van der Waals surface area contributed by atoms with Gasteiger partial charge >= 0.3 is 0 Å². The summed E-state index contributed by atoms with van der Waals surface area (Å²) in [5.41, 5.74) is 1.10. The van der Waals surface area contributed by atoms with Crippen molar-refractivity contribution in [3.05, 3.63) is 23.8 Å². The fraction of sp³-hybridized carbons (Fsp3) is 0.417. The van der Waals surface area contributed by atoms with Crippen molar-refractivity contribution in [3.63, 3.8) is 0 Å². The first-order valence-corrected chi connectivity index (χ1v) is 7.30. The van der Waals surface area contributed by atoms with Crippen molar-refractivity contribution in [3.8, 4) is 0 Å². The van der Waals surface area contributed by atoms with E-state index in [0.29, 0.717) is 22.8 Å². The van der Waals surface area contributed by atoms with Crippen molar-refractivity contribution in [2.75, 3.05) is 18.6 Å². The molecular formula is C12H14N2O3S. The van der Waals surface area contributed by atoms with Gasteiger partial charge < -0.3 is 4.90 Å². The van der Waals surface area contributed by atoms with Gasteiger partial charge in [0.25, 0.3) is 0 Å². The van der Waals surface area contributed by atoms with Crippen molar-refractivity contribution < 1.29 is 13.2 Å². The van der Waals surface area contributed by atoms with E-state index in [1.165, 1.54) is 6.07 Å². The predicted molar refractivity (Wildman–Crippen MR) is 67.1 cm³/mol. The third-order valence-electron chi connectivity index (χ3n) is 3.42. The zero-order valence-electron chi connectivity index (χ0n) is 10.0. The maximum Gasteiger partial charge on any atom is 0.246 e. The molecule has 0 aromatic heterocycles. The first-order valence-electron chi connectivity index (χ1n) is 5.86. The van der Waals surface area contributed by atoms with Gasteiger partial charge in [0.1, 0.15) is 11.2 Å². The molecule has 0 bridgehead atoms. The molecule has 6 heteroatoms. The molecule has 0 radical (unpaired) electrons. The number of carbonyl (C=O) groups excluding carboxylic acids is 1. The summed E-state index contributed by atoms with van der Waals surface area (Å²) < 4.78 is 26.4. The average molecular weight is 266 g/mol. The van der Waals surface area contributed by atoms with E-state index in [1.54, 1.807) is 16.4 Å². The molecule has 18 heavy (non-hydrogen) atoms. The molecule has 3 rings (SSSR count). The molecule has 96 valence electrons. The average Bonchev–Trinajstić information content (AvgIpc) is 3.17. The Bertz CT molecular complexity index is 608. The van der Waals surface area contributed by atoms with E-state index in [0.717, 1.165) is 19.1 Å². The molecule has 2 aliphatic rings. The Morgan fingerprint density at radius 3 is 2.67 bits per heavy atom. The molecule has 0 unspecified atom stereocenters. The van der Waals surface area contributed by atoms with Crippen LogP contribution < -0.4 is 4.90 Å². The van der Waals surface area contributed by atoms with Gasteiger partial charge in [-0.1, -0.05) is 6.07 Å². The van der Waals surface area contributed by atoms with E-state index in [-0.39, 0.29) is 6.04 Å². The summed E-state index contributed by atoms with van der Waals surface area (Å²) in [6.45, 7) is 0.363. The molecule has 1 fully saturated rings. The van der Waals surface area contributed by atoms with Crippen molar-refractivity contribution in [1.82, 2.24) is 4.31 Å². The summed E-state index contributed by atoms with van der Waals surface area (Å²) >= 11 is 0. The fourth-order valence-electron chi connectivity index (χ4n) is 2.29. The van der Waals surface area contributed by atoms with Gasteiger partial charge in [0, 0.05) is 18.7 Å². The van der Waals surface area contributed by atoms with Crippen molar-refractivity contribution in [2.45, 2.75) is 23.8 Å². The summed E-state index contributed by atoms with van der Waals surface area (Å²) in [4.78, 5) is 12.9. The van der Waals surface area contributed by atoms with Crippen LogP contribution in [0.5, 0.6) is 0 Å². The number of rotatable bonds is 2. The second kappa shape index (κ2) is 3.80. The fourth-order valence-corrected chi connectivity index (χ4v) is 4.19. The molecule has 1 saturated carbocycles. The Balaban J connectivity index is 2.15. The van der Waals surface area contributed by atoms with Gasteiger partial charge in [-0.05, 0) is 25.0 Å². The Hall–Kier alpha value is -1.40. The van der Waals surface area contributed by atoms with E-state index in [2.05, 4.69) is 0 Å². The SMILES string of the molecule is CN1CN(C2CC2)S(=O)(=O)c2ccc(C=O)cc21. The van der Waals surface area contributed by atoms with Crippen LogP contribution in [0.4, 0.5) is 5.69 Å². The highest BCUT2D eigenvalue weighted by atomic mass is 32.2. The second-order valence-electron chi connectivity index (χ2n) is 4.81. The number of sulfonamides is 1. The monoisotopic (exact) mass is 266 g/mol. The molecule has 0 atom stereocenters. The van der Waals surface area contributed by atoms with Crippen molar-refractivity contribution in [1.29, 1.82) is 0 Å². The summed E-state index contributed by atoms with van der Waals surface area (Å²) in [5.74, 6) is 0. The van der Waals surface area contributed by atoms with Crippen LogP contribution in [0.2, 0.25) is 0 Å². The number of aldehydes is 1. The molecule has 1 heterocycles. The van der Waals surface area contributed by atoms with E-state index in [9.17, 15) is 13.2 Å². The van der Waals surface area contributed by atoms with E-state index in [1.807, 2.05) is 11.9 Å². The highest BCUT2D eigenvalue weighted by molar-refractivity contribution is 7.89. The van der Waals surface area contributed by atoms with Crippen LogP contribution in [0, 0.1) is 0 Å². The zero-order chi connectivity index (χ0) is 12.9. The Morgan fingerprint density at radius 1 is 1.33 bits per heavy atom. The summed E-state index contributed by atoms with van der Waals surface area (Å²) in [6, 6.07) is 4.85. The lowest BCUT2D eigenvalue weighted by atomic mass is 10.2. The number of anilines is 1. The quantitative estimate of drug-likeness (QED) is 0.751. The van der Waals surface area contributed by atoms with Crippen LogP contribution in [0.15, 0.2) is 23.1 Å². The second-order valence-corrected chi connectivity index (χ2v) is 6.67. The lowest BCUT2D eigenvalue weighted by Crippen LogP contribution is -2.45. The smallest absolute Gasteiger partial charge is 0.246 e. The number of fused-ring (bicyclic) bond motifs is 1. The van der Waals surface area contributed by atoms with Crippen molar-refractivity contribution >= 4 is 22.0 Å². The van der Waals surface area contributed by atoms with E-state index >= 15 is 0 Å². The minimum absolute atomic E-state index is 0.149. The lowest BCUT2D eigenvalue weighted by molar-refractivity contribution is 0.112. The molecule has 1 aliphatic heterocycles. The van der Waals surface area contributed by atoms with Gasteiger partial charge in [-0.2, -0.15) is 4.31 Å². The maximum absolute atomic E-state index is 12.4. The van der Waals surface area contributed by atoms with Gasteiger partial charge in [-0.15, -0.1) is 0 Å². The van der Waals surface area contributed by atoms with Gasteiger partial charge in [-0.25, -0.2) is 8.42 Å². The first kappa shape index (κ1) is 11.7.